The summed E-state index contributed by atoms with van der Waals surface area (Å²) >= 11 is 0. The molecule has 1 unspecified atom stereocenters. The van der Waals surface area contributed by atoms with E-state index in [1.54, 1.807) is 14.2 Å². The molecule has 0 bridgehead atoms. The van der Waals surface area contributed by atoms with E-state index in [2.05, 4.69) is 13.0 Å². The lowest BCUT2D eigenvalue weighted by molar-refractivity contribution is 0.259. The first-order valence-corrected chi connectivity index (χ1v) is 7.16. The second-order valence-electron chi connectivity index (χ2n) is 4.97. The third kappa shape index (κ3) is 3.37. The third-order valence-electron chi connectivity index (χ3n) is 3.81. The Bertz CT molecular complexity index is 572. The molecule has 1 atom stereocenters. The van der Waals surface area contributed by atoms with Crippen LogP contribution >= 0.6 is 0 Å². The summed E-state index contributed by atoms with van der Waals surface area (Å²) in [5, 5.41) is 9.47. The Morgan fingerprint density at radius 1 is 0.952 bits per heavy atom. The zero-order valence-electron chi connectivity index (χ0n) is 12.8. The molecule has 2 rings (SSSR count). The average Bonchev–Trinajstić information content (AvgIpc) is 2.56. The number of rotatable bonds is 6. The van der Waals surface area contributed by atoms with Crippen molar-refractivity contribution in [3.8, 4) is 22.6 Å². The Morgan fingerprint density at radius 2 is 1.62 bits per heavy atom. The molecule has 3 heteroatoms. The lowest BCUT2D eigenvalue weighted by Gasteiger charge is -2.17. The SMILES string of the molecule is CCC(CO)c1ccc(-c2ccc(OC)cc2)cc1OC. The van der Waals surface area contributed by atoms with Crippen LogP contribution in [0.2, 0.25) is 0 Å². The molecule has 0 saturated carbocycles. The van der Waals surface area contributed by atoms with Crippen LogP contribution in [0.15, 0.2) is 42.5 Å². The van der Waals surface area contributed by atoms with Gasteiger partial charge in [0.05, 0.1) is 20.8 Å². The summed E-state index contributed by atoms with van der Waals surface area (Å²) < 4.78 is 10.7. The van der Waals surface area contributed by atoms with Gasteiger partial charge in [0.25, 0.3) is 0 Å². The molecule has 0 aliphatic carbocycles. The number of hydrogen-bond acceptors (Lipinski definition) is 3. The van der Waals surface area contributed by atoms with E-state index in [1.807, 2.05) is 36.4 Å². The van der Waals surface area contributed by atoms with E-state index in [-0.39, 0.29) is 12.5 Å². The Balaban J connectivity index is 2.37. The molecule has 0 saturated heterocycles. The van der Waals surface area contributed by atoms with Crippen molar-refractivity contribution in [3.05, 3.63) is 48.0 Å². The maximum absolute atomic E-state index is 9.47. The van der Waals surface area contributed by atoms with Gasteiger partial charge >= 0.3 is 0 Å². The molecule has 112 valence electrons. The van der Waals surface area contributed by atoms with Gasteiger partial charge in [0.15, 0.2) is 0 Å². The molecule has 2 aromatic carbocycles. The highest BCUT2D eigenvalue weighted by atomic mass is 16.5. The van der Waals surface area contributed by atoms with Gasteiger partial charge in [-0.05, 0) is 41.3 Å². The highest BCUT2D eigenvalue weighted by Gasteiger charge is 2.14. The zero-order chi connectivity index (χ0) is 15.2. The molecular formula is C18H22O3. The van der Waals surface area contributed by atoms with Gasteiger partial charge in [0, 0.05) is 5.92 Å². The van der Waals surface area contributed by atoms with Crippen molar-refractivity contribution in [1.82, 2.24) is 0 Å². The van der Waals surface area contributed by atoms with Crippen LogP contribution in [0.5, 0.6) is 11.5 Å². The second-order valence-corrected chi connectivity index (χ2v) is 4.97. The average molecular weight is 286 g/mol. The first-order chi connectivity index (χ1) is 10.2. The van der Waals surface area contributed by atoms with Gasteiger partial charge < -0.3 is 14.6 Å². The highest BCUT2D eigenvalue weighted by molar-refractivity contribution is 5.67. The van der Waals surface area contributed by atoms with Crippen molar-refractivity contribution < 1.29 is 14.6 Å². The number of methoxy groups -OCH3 is 2. The summed E-state index contributed by atoms with van der Waals surface area (Å²) in [7, 11) is 3.33. The Kier molecular flexibility index (Phi) is 5.23. The summed E-state index contributed by atoms with van der Waals surface area (Å²) in [6.45, 7) is 2.20. The smallest absolute Gasteiger partial charge is 0.123 e. The van der Waals surface area contributed by atoms with Crippen molar-refractivity contribution in [2.75, 3.05) is 20.8 Å². The van der Waals surface area contributed by atoms with Crippen LogP contribution in [-0.4, -0.2) is 25.9 Å². The fraction of sp³-hybridized carbons (Fsp3) is 0.333. The second kappa shape index (κ2) is 7.14. The zero-order valence-corrected chi connectivity index (χ0v) is 12.8. The van der Waals surface area contributed by atoms with Gasteiger partial charge in [-0.25, -0.2) is 0 Å². The van der Waals surface area contributed by atoms with Crippen LogP contribution in [-0.2, 0) is 0 Å². The fourth-order valence-corrected chi connectivity index (χ4v) is 2.46. The van der Waals surface area contributed by atoms with Gasteiger partial charge in [-0.2, -0.15) is 0 Å². The summed E-state index contributed by atoms with van der Waals surface area (Å²) in [5.74, 6) is 1.78. The molecule has 21 heavy (non-hydrogen) atoms. The van der Waals surface area contributed by atoms with Gasteiger partial charge in [0.1, 0.15) is 11.5 Å². The Morgan fingerprint density at radius 3 is 2.14 bits per heavy atom. The molecule has 0 aliphatic rings. The van der Waals surface area contributed by atoms with Crippen LogP contribution in [0.25, 0.3) is 11.1 Å². The summed E-state index contributed by atoms with van der Waals surface area (Å²) in [4.78, 5) is 0. The molecule has 0 fully saturated rings. The largest absolute Gasteiger partial charge is 0.497 e. The van der Waals surface area contributed by atoms with Gasteiger partial charge in [-0.3, -0.25) is 0 Å². The normalized spacial score (nSPS) is 12.0. The minimum Gasteiger partial charge on any atom is -0.497 e. The van der Waals surface area contributed by atoms with Gasteiger partial charge in [-0.15, -0.1) is 0 Å². The maximum Gasteiger partial charge on any atom is 0.123 e. The summed E-state index contributed by atoms with van der Waals surface area (Å²) in [6.07, 6.45) is 0.884. The van der Waals surface area contributed by atoms with E-state index in [1.165, 1.54) is 0 Å². The fourth-order valence-electron chi connectivity index (χ4n) is 2.46. The summed E-state index contributed by atoms with van der Waals surface area (Å²) in [5.41, 5.74) is 3.25. The maximum atomic E-state index is 9.47. The lowest BCUT2D eigenvalue weighted by Crippen LogP contribution is -2.05. The van der Waals surface area contributed by atoms with E-state index in [0.29, 0.717) is 0 Å². The molecular weight excluding hydrogens is 264 g/mol. The third-order valence-corrected chi connectivity index (χ3v) is 3.81. The predicted molar refractivity (Wildman–Crippen MR) is 85.1 cm³/mol. The van der Waals surface area contributed by atoms with Crippen molar-refractivity contribution in [1.29, 1.82) is 0 Å². The minimum absolute atomic E-state index is 0.116. The molecule has 1 N–H and O–H groups in total. The highest BCUT2D eigenvalue weighted by Crippen LogP contribution is 2.33. The van der Waals surface area contributed by atoms with E-state index >= 15 is 0 Å². The molecule has 0 aliphatic heterocycles. The Labute approximate surface area is 126 Å². The number of hydrogen-bond donors (Lipinski definition) is 1. The van der Waals surface area contributed by atoms with Crippen LogP contribution in [0, 0.1) is 0 Å². The lowest BCUT2D eigenvalue weighted by atomic mass is 9.94. The number of benzene rings is 2. The topological polar surface area (TPSA) is 38.7 Å². The number of aliphatic hydroxyl groups excluding tert-OH is 1. The van der Waals surface area contributed by atoms with E-state index < -0.39 is 0 Å². The molecule has 0 radical (unpaired) electrons. The quantitative estimate of drug-likeness (QED) is 0.876. The standard InChI is InChI=1S/C18H22O3/c1-4-13(12-19)17-10-7-15(11-18(17)21-3)14-5-8-16(20-2)9-6-14/h5-11,13,19H,4,12H2,1-3H3. The first kappa shape index (κ1) is 15.4. The van der Waals surface area contributed by atoms with Crippen molar-refractivity contribution >= 4 is 0 Å². The molecule has 2 aromatic rings. The number of aliphatic hydroxyl groups is 1. The van der Waals surface area contributed by atoms with Gasteiger partial charge in [-0.1, -0.05) is 31.2 Å². The molecule has 0 heterocycles. The van der Waals surface area contributed by atoms with E-state index in [9.17, 15) is 5.11 Å². The monoisotopic (exact) mass is 286 g/mol. The molecule has 0 spiro atoms. The molecule has 0 amide bonds. The summed E-state index contributed by atoms with van der Waals surface area (Å²) in [6, 6.07) is 14.1. The molecule has 3 nitrogen and oxygen atoms in total. The van der Waals surface area contributed by atoms with Crippen LogP contribution in [0.1, 0.15) is 24.8 Å². The van der Waals surface area contributed by atoms with Gasteiger partial charge in [0.2, 0.25) is 0 Å². The van der Waals surface area contributed by atoms with Crippen LogP contribution in [0.3, 0.4) is 0 Å². The van der Waals surface area contributed by atoms with Crippen LogP contribution in [0.4, 0.5) is 0 Å². The van der Waals surface area contributed by atoms with E-state index in [0.717, 1.165) is 34.6 Å². The Hall–Kier alpha value is -2.00. The predicted octanol–water partition coefficient (Wildman–Crippen LogP) is 3.86. The van der Waals surface area contributed by atoms with Crippen molar-refractivity contribution in [2.45, 2.75) is 19.3 Å². The van der Waals surface area contributed by atoms with Crippen molar-refractivity contribution in [3.63, 3.8) is 0 Å². The minimum atomic E-state index is 0.116. The van der Waals surface area contributed by atoms with Crippen molar-refractivity contribution in [2.24, 2.45) is 0 Å². The van der Waals surface area contributed by atoms with E-state index in [4.69, 9.17) is 9.47 Å². The number of ether oxygens (including phenoxy) is 2. The van der Waals surface area contributed by atoms with Crippen LogP contribution < -0.4 is 9.47 Å². The molecule has 0 aromatic heterocycles. The first-order valence-electron chi connectivity index (χ1n) is 7.16.